The second-order valence-corrected chi connectivity index (χ2v) is 2.78. The first-order chi connectivity index (χ1) is 4.83. The highest BCUT2D eigenvalue weighted by molar-refractivity contribution is 8.93. The first kappa shape index (κ1) is 10.8. The second kappa shape index (κ2) is 5.42. The van der Waals surface area contributed by atoms with E-state index >= 15 is 0 Å². The summed E-state index contributed by atoms with van der Waals surface area (Å²) in [6.07, 6.45) is 6.89. The van der Waals surface area contributed by atoms with Crippen molar-refractivity contribution in [2.75, 3.05) is 0 Å². The van der Waals surface area contributed by atoms with Gasteiger partial charge in [-0.3, -0.25) is 0 Å². The van der Waals surface area contributed by atoms with Crippen LogP contribution < -0.4 is 0 Å². The molecule has 11 heavy (non-hydrogen) atoms. The molecule has 64 valence electrons. The van der Waals surface area contributed by atoms with E-state index < -0.39 is 0 Å². The van der Waals surface area contributed by atoms with Crippen molar-refractivity contribution in [3.8, 4) is 0 Å². The van der Waals surface area contributed by atoms with Crippen LogP contribution >= 0.6 is 17.0 Å². The Morgan fingerprint density at radius 3 is 2.64 bits per heavy atom. The third-order valence-corrected chi connectivity index (χ3v) is 1.67. The first-order valence-electron chi connectivity index (χ1n) is 3.95. The van der Waals surface area contributed by atoms with Gasteiger partial charge in [-0.25, -0.2) is 0 Å². The summed E-state index contributed by atoms with van der Waals surface area (Å²) in [6, 6.07) is 2.15. The summed E-state index contributed by atoms with van der Waals surface area (Å²) in [5, 5.41) is 0. The number of unbranched alkanes of at least 4 members (excludes halogenated alkanes) is 1. The van der Waals surface area contributed by atoms with Crippen LogP contribution in [0.1, 0.15) is 25.3 Å². The minimum absolute atomic E-state index is 0. The van der Waals surface area contributed by atoms with Gasteiger partial charge < -0.3 is 4.57 Å². The van der Waals surface area contributed by atoms with Crippen molar-refractivity contribution in [3.63, 3.8) is 0 Å². The number of hydrogen-bond donors (Lipinski definition) is 0. The van der Waals surface area contributed by atoms with E-state index in [0.717, 1.165) is 0 Å². The topological polar surface area (TPSA) is 4.93 Å². The van der Waals surface area contributed by atoms with Gasteiger partial charge in [-0.1, -0.05) is 13.3 Å². The molecule has 0 N–H and O–H groups in total. The lowest BCUT2D eigenvalue weighted by atomic mass is 10.3. The van der Waals surface area contributed by atoms with E-state index in [4.69, 9.17) is 0 Å². The lowest BCUT2D eigenvalue weighted by molar-refractivity contribution is 0.634. The molecule has 2 heteroatoms. The van der Waals surface area contributed by atoms with E-state index in [1.54, 1.807) is 0 Å². The number of nitrogens with zero attached hydrogens (tertiary/aromatic N) is 1. The summed E-state index contributed by atoms with van der Waals surface area (Å²) in [5.74, 6) is 0. The fourth-order valence-electron chi connectivity index (χ4n) is 1.04. The zero-order valence-electron chi connectivity index (χ0n) is 7.21. The Labute approximate surface area is 79.2 Å². The summed E-state index contributed by atoms with van der Waals surface area (Å²) in [5.41, 5.74) is 1.36. The number of halogens is 1. The molecule has 0 radical (unpaired) electrons. The fourth-order valence-corrected chi connectivity index (χ4v) is 1.04. The van der Waals surface area contributed by atoms with Crippen molar-refractivity contribution < 1.29 is 0 Å². The molecule has 0 fully saturated rings. The molecule has 0 unspecified atom stereocenters. The number of aryl methyl sites for hydroxylation is 2. The number of rotatable bonds is 3. The van der Waals surface area contributed by atoms with Gasteiger partial charge in [-0.05, 0) is 25.0 Å². The molecule has 1 nitrogen and oxygen atoms in total. The van der Waals surface area contributed by atoms with Gasteiger partial charge in [0.15, 0.2) is 0 Å². The predicted molar refractivity (Wildman–Crippen MR) is 54.4 cm³/mol. The molecule has 0 spiro atoms. The van der Waals surface area contributed by atoms with Crippen LogP contribution in [0.5, 0.6) is 0 Å². The average Bonchev–Trinajstić information content (AvgIpc) is 2.31. The monoisotopic (exact) mass is 217 g/mol. The molecule has 0 amide bonds. The Morgan fingerprint density at radius 1 is 1.45 bits per heavy atom. The van der Waals surface area contributed by atoms with Crippen LogP contribution in [0.4, 0.5) is 0 Å². The average molecular weight is 218 g/mol. The highest BCUT2D eigenvalue weighted by atomic mass is 79.9. The second-order valence-electron chi connectivity index (χ2n) is 2.78. The van der Waals surface area contributed by atoms with E-state index in [0.29, 0.717) is 0 Å². The third-order valence-electron chi connectivity index (χ3n) is 1.67. The smallest absolute Gasteiger partial charge is 0.0219 e. The summed E-state index contributed by atoms with van der Waals surface area (Å²) < 4.78 is 2.25. The van der Waals surface area contributed by atoms with Crippen molar-refractivity contribution in [2.24, 2.45) is 0 Å². The molecule has 0 saturated heterocycles. The van der Waals surface area contributed by atoms with E-state index in [1.807, 2.05) is 0 Å². The van der Waals surface area contributed by atoms with Gasteiger partial charge >= 0.3 is 0 Å². The first-order valence-corrected chi connectivity index (χ1v) is 3.95. The molecule has 0 saturated carbocycles. The Morgan fingerprint density at radius 2 is 2.18 bits per heavy atom. The molecular weight excluding hydrogens is 202 g/mol. The van der Waals surface area contributed by atoms with Gasteiger partial charge in [0.1, 0.15) is 0 Å². The normalized spacial score (nSPS) is 9.27. The standard InChI is InChI=1S/C9H15N.BrH/c1-3-4-6-10-7-5-9(2)8-10;/h5,7-8H,3-4,6H2,1-2H3;1H. The molecule has 0 aliphatic heterocycles. The molecule has 0 aromatic carbocycles. The van der Waals surface area contributed by atoms with Gasteiger partial charge in [-0.2, -0.15) is 0 Å². The fraction of sp³-hybridized carbons (Fsp3) is 0.556. The molecule has 0 atom stereocenters. The minimum atomic E-state index is 0. The summed E-state index contributed by atoms with van der Waals surface area (Å²) >= 11 is 0. The highest BCUT2D eigenvalue weighted by Crippen LogP contribution is 2.00. The van der Waals surface area contributed by atoms with E-state index in [9.17, 15) is 0 Å². The van der Waals surface area contributed by atoms with E-state index in [1.165, 1.54) is 24.9 Å². The molecular formula is C9H16BrN. The highest BCUT2D eigenvalue weighted by Gasteiger charge is 1.89. The van der Waals surface area contributed by atoms with Crippen LogP contribution in [0.15, 0.2) is 18.5 Å². The molecule has 1 rings (SSSR count). The zero-order chi connectivity index (χ0) is 7.40. The molecule has 0 aliphatic carbocycles. The maximum atomic E-state index is 2.25. The lowest BCUT2D eigenvalue weighted by Gasteiger charge is -1.98. The summed E-state index contributed by atoms with van der Waals surface area (Å²) in [6.45, 7) is 5.52. The zero-order valence-corrected chi connectivity index (χ0v) is 8.92. The third kappa shape index (κ3) is 3.61. The number of hydrogen-bond acceptors (Lipinski definition) is 0. The van der Waals surface area contributed by atoms with E-state index in [-0.39, 0.29) is 17.0 Å². The maximum Gasteiger partial charge on any atom is 0.0219 e. The van der Waals surface area contributed by atoms with E-state index in [2.05, 4.69) is 36.9 Å². The van der Waals surface area contributed by atoms with Crippen LogP contribution in [0.2, 0.25) is 0 Å². The lowest BCUT2D eigenvalue weighted by Crippen LogP contribution is -1.92. The van der Waals surface area contributed by atoms with Crippen LogP contribution in [0.25, 0.3) is 0 Å². The van der Waals surface area contributed by atoms with Crippen LogP contribution in [-0.2, 0) is 6.54 Å². The quantitative estimate of drug-likeness (QED) is 0.734. The Kier molecular flexibility index (Phi) is 5.30. The molecule has 0 aliphatic rings. The molecule has 1 heterocycles. The van der Waals surface area contributed by atoms with Gasteiger partial charge in [0.2, 0.25) is 0 Å². The van der Waals surface area contributed by atoms with Crippen molar-refractivity contribution in [2.45, 2.75) is 33.2 Å². The van der Waals surface area contributed by atoms with Gasteiger partial charge in [-0.15, -0.1) is 17.0 Å². The Bertz CT molecular complexity index is 193. The van der Waals surface area contributed by atoms with Crippen LogP contribution in [0.3, 0.4) is 0 Å². The summed E-state index contributed by atoms with van der Waals surface area (Å²) in [7, 11) is 0. The van der Waals surface area contributed by atoms with Gasteiger partial charge in [0.25, 0.3) is 0 Å². The Balaban J connectivity index is 0.000001000. The van der Waals surface area contributed by atoms with Crippen molar-refractivity contribution in [1.29, 1.82) is 0 Å². The van der Waals surface area contributed by atoms with Gasteiger partial charge in [0.05, 0.1) is 0 Å². The van der Waals surface area contributed by atoms with Crippen LogP contribution in [0, 0.1) is 6.92 Å². The van der Waals surface area contributed by atoms with Crippen molar-refractivity contribution in [3.05, 3.63) is 24.0 Å². The molecule has 1 aromatic heterocycles. The minimum Gasteiger partial charge on any atom is -0.354 e. The molecule has 0 bridgehead atoms. The van der Waals surface area contributed by atoms with Crippen LogP contribution in [-0.4, -0.2) is 4.57 Å². The van der Waals surface area contributed by atoms with Crippen molar-refractivity contribution >= 4 is 17.0 Å². The predicted octanol–water partition coefficient (Wildman–Crippen LogP) is 3.17. The van der Waals surface area contributed by atoms with Gasteiger partial charge in [0, 0.05) is 18.9 Å². The maximum absolute atomic E-state index is 2.25. The SMILES string of the molecule is Br.CCCCn1ccc(C)c1. The van der Waals surface area contributed by atoms with Crippen molar-refractivity contribution in [1.82, 2.24) is 4.57 Å². The largest absolute Gasteiger partial charge is 0.354 e. The summed E-state index contributed by atoms with van der Waals surface area (Å²) in [4.78, 5) is 0. The number of aromatic nitrogens is 1. The molecule has 1 aromatic rings. The Hall–Kier alpha value is -0.240.